The van der Waals surface area contributed by atoms with Crippen molar-refractivity contribution < 1.29 is 9.18 Å². The van der Waals surface area contributed by atoms with Gasteiger partial charge in [-0.15, -0.1) is 0 Å². The third-order valence-electron chi connectivity index (χ3n) is 3.88. The van der Waals surface area contributed by atoms with Crippen LogP contribution in [0.4, 0.5) is 10.1 Å². The predicted molar refractivity (Wildman–Crippen MR) is 90.7 cm³/mol. The molecule has 0 aliphatic rings. The number of carbonyl (C=O) groups excluding carboxylic acids is 1. The first-order chi connectivity index (χ1) is 11.5. The van der Waals surface area contributed by atoms with Gasteiger partial charge in [0.25, 0.3) is 5.91 Å². The molecule has 0 saturated heterocycles. The van der Waals surface area contributed by atoms with Crippen LogP contribution in [-0.4, -0.2) is 15.7 Å². The Kier molecular flexibility index (Phi) is 4.12. The van der Waals surface area contributed by atoms with Gasteiger partial charge in [0, 0.05) is 12.7 Å². The molecule has 122 valence electrons. The second-order valence-electron chi connectivity index (χ2n) is 5.43. The summed E-state index contributed by atoms with van der Waals surface area (Å²) in [5, 5.41) is 6.89. The molecule has 1 heterocycles. The van der Waals surface area contributed by atoms with Crippen molar-refractivity contribution in [2.75, 3.05) is 5.32 Å². The van der Waals surface area contributed by atoms with Crippen LogP contribution in [0.25, 0.3) is 10.9 Å². The predicted octanol–water partition coefficient (Wildman–Crippen LogP) is 2.89. The normalized spacial score (nSPS) is 10.8. The standard InChI is InChI=1S/C18H16FN3O2/c1-3-11-6-4-5-7-14(11)20-18(24)16-17(23)13-10-12(19)8-9-15(13)22(2)21-16/h4-10H,3H2,1-2H3,(H,20,24). The van der Waals surface area contributed by atoms with Crippen molar-refractivity contribution in [2.24, 2.45) is 7.05 Å². The molecule has 1 N–H and O–H groups in total. The Morgan fingerprint density at radius 3 is 2.75 bits per heavy atom. The number of anilines is 1. The van der Waals surface area contributed by atoms with Crippen molar-refractivity contribution in [1.82, 2.24) is 9.78 Å². The van der Waals surface area contributed by atoms with E-state index < -0.39 is 17.2 Å². The minimum absolute atomic E-state index is 0.126. The summed E-state index contributed by atoms with van der Waals surface area (Å²) < 4.78 is 14.9. The van der Waals surface area contributed by atoms with E-state index in [2.05, 4.69) is 10.4 Å². The number of hydrogen-bond donors (Lipinski definition) is 1. The monoisotopic (exact) mass is 325 g/mol. The average Bonchev–Trinajstić information content (AvgIpc) is 2.58. The van der Waals surface area contributed by atoms with E-state index in [4.69, 9.17) is 0 Å². The summed E-state index contributed by atoms with van der Waals surface area (Å²) in [5.41, 5.74) is 1.20. The molecule has 0 unspecified atom stereocenters. The van der Waals surface area contributed by atoms with Crippen molar-refractivity contribution in [3.8, 4) is 0 Å². The van der Waals surface area contributed by atoms with Gasteiger partial charge in [-0.05, 0) is 36.2 Å². The van der Waals surface area contributed by atoms with Gasteiger partial charge >= 0.3 is 0 Å². The minimum Gasteiger partial charge on any atom is -0.320 e. The van der Waals surface area contributed by atoms with Crippen molar-refractivity contribution in [3.05, 3.63) is 69.8 Å². The maximum absolute atomic E-state index is 13.5. The number of nitrogens with one attached hydrogen (secondary N) is 1. The molecule has 0 fully saturated rings. The summed E-state index contributed by atoms with van der Waals surface area (Å²) in [4.78, 5) is 25.0. The Hall–Kier alpha value is -3.02. The number of carbonyl (C=O) groups is 1. The van der Waals surface area contributed by atoms with Crippen LogP contribution in [0, 0.1) is 5.82 Å². The third-order valence-corrected chi connectivity index (χ3v) is 3.88. The molecule has 2 aromatic carbocycles. The van der Waals surface area contributed by atoms with Crippen molar-refractivity contribution >= 4 is 22.5 Å². The second kappa shape index (κ2) is 6.23. The molecule has 0 atom stereocenters. The van der Waals surface area contributed by atoms with Crippen LogP contribution < -0.4 is 10.7 Å². The lowest BCUT2D eigenvalue weighted by Gasteiger charge is -2.11. The Bertz CT molecular complexity index is 995. The van der Waals surface area contributed by atoms with E-state index in [1.165, 1.54) is 16.8 Å². The quantitative estimate of drug-likeness (QED) is 0.805. The zero-order valence-corrected chi connectivity index (χ0v) is 13.3. The summed E-state index contributed by atoms with van der Waals surface area (Å²) in [5.74, 6) is -1.14. The number of nitrogens with zero attached hydrogens (tertiary/aromatic N) is 2. The Balaban J connectivity index is 2.07. The molecule has 3 aromatic rings. The second-order valence-corrected chi connectivity index (χ2v) is 5.43. The first-order valence-electron chi connectivity index (χ1n) is 7.57. The Labute approximate surface area is 137 Å². The highest BCUT2D eigenvalue weighted by molar-refractivity contribution is 6.04. The van der Waals surface area contributed by atoms with Crippen molar-refractivity contribution in [1.29, 1.82) is 0 Å². The molecule has 1 amide bonds. The van der Waals surface area contributed by atoms with Crippen LogP contribution in [0.3, 0.4) is 0 Å². The fourth-order valence-electron chi connectivity index (χ4n) is 2.63. The molecular weight excluding hydrogens is 309 g/mol. The number of aromatic nitrogens is 2. The van der Waals surface area contributed by atoms with Gasteiger partial charge in [-0.25, -0.2) is 4.39 Å². The van der Waals surface area contributed by atoms with Crippen LogP contribution >= 0.6 is 0 Å². The zero-order chi connectivity index (χ0) is 17.3. The maximum atomic E-state index is 13.5. The lowest BCUT2D eigenvalue weighted by Crippen LogP contribution is -2.26. The molecule has 24 heavy (non-hydrogen) atoms. The topological polar surface area (TPSA) is 64.0 Å². The smallest absolute Gasteiger partial charge is 0.280 e. The molecule has 0 saturated carbocycles. The summed E-state index contributed by atoms with van der Waals surface area (Å²) >= 11 is 0. The molecule has 0 aliphatic carbocycles. The largest absolute Gasteiger partial charge is 0.320 e. The highest BCUT2D eigenvalue weighted by Gasteiger charge is 2.18. The highest BCUT2D eigenvalue weighted by atomic mass is 19.1. The van der Waals surface area contributed by atoms with E-state index in [1.807, 2.05) is 19.1 Å². The van der Waals surface area contributed by atoms with Crippen LogP contribution in [-0.2, 0) is 13.5 Å². The molecule has 1 aromatic heterocycles. The molecule has 5 nitrogen and oxygen atoms in total. The molecule has 0 radical (unpaired) electrons. The van der Waals surface area contributed by atoms with Crippen molar-refractivity contribution in [2.45, 2.75) is 13.3 Å². The van der Waals surface area contributed by atoms with Gasteiger partial charge in [0.2, 0.25) is 5.43 Å². The molecule has 0 bridgehead atoms. The highest BCUT2D eigenvalue weighted by Crippen LogP contribution is 2.16. The SMILES string of the molecule is CCc1ccccc1NC(=O)c1nn(C)c2ccc(F)cc2c1=O. The number of fused-ring (bicyclic) bond motifs is 1. The zero-order valence-electron chi connectivity index (χ0n) is 13.3. The Morgan fingerprint density at radius 2 is 2.00 bits per heavy atom. The summed E-state index contributed by atoms with van der Waals surface area (Å²) in [6.45, 7) is 1.97. The van der Waals surface area contributed by atoms with Crippen LogP contribution in [0.15, 0.2) is 47.3 Å². The molecule has 3 rings (SSSR count). The number of aryl methyl sites for hydroxylation is 2. The van der Waals surface area contributed by atoms with Gasteiger partial charge in [0.05, 0.1) is 10.9 Å². The number of benzene rings is 2. The lowest BCUT2D eigenvalue weighted by molar-refractivity contribution is 0.101. The van der Waals surface area contributed by atoms with Gasteiger partial charge in [0.15, 0.2) is 5.69 Å². The maximum Gasteiger partial charge on any atom is 0.280 e. The number of amides is 1. The van der Waals surface area contributed by atoms with Crippen molar-refractivity contribution in [3.63, 3.8) is 0 Å². The van der Waals surface area contributed by atoms with E-state index >= 15 is 0 Å². The van der Waals surface area contributed by atoms with E-state index in [0.29, 0.717) is 11.2 Å². The molecule has 0 aliphatic heterocycles. The van der Waals surface area contributed by atoms with Gasteiger partial charge in [0.1, 0.15) is 5.82 Å². The molecular formula is C18H16FN3O2. The minimum atomic E-state index is -0.609. The summed E-state index contributed by atoms with van der Waals surface area (Å²) in [6, 6.07) is 11.2. The fraction of sp³-hybridized carbons (Fsp3) is 0.167. The summed E-state index contributed by atoms with van der Waals surface area (Å²) in [6.07, 6.45) is 0.741. The van der Waals surface area contributed by atoms with Gasteiger partial charge in [-0.1, -0.05) is 25.1 Å². The number of halogens is 1. The number of hydrogen-bond acceptors (Lipinski definition) is 3. The molecule has 0 spiro atoms. The third kappa shape index (κ3) is 2.78. The van der Waals surface area contributed by atoms with E-state index in [0.717, 1.165) is 18.1 Å². The van der Waals surface area contributed by atoms with E-state index in [-0.39, 0.29) is 11.1 Å². The van der Waals surface area contributed by atoms with Crippen LogP contribution in [0.1, 0.15) is 23.0 Å². The van der Waals surface area contributed by atoms with Crippen LogP contribution in [0.2, 0.25) is 0 Å². The molecule has 6 heteroatoms. The fourth-order valence-corrected chi connectivity index (χ4v) is 2.63. The van der Waals surface area contributed by atoms with Gasteiger partial charge in [-0.3, -0.25) is 14.3 Å². The number of para-hydroxylation sites is 1. The summed E-state index contributed by atoms with van der Waals surface area (Å²) in [7, 11) is 1.61. The van der Waals surface area contributed by atoms with Gasteiger partial charge < -0.3 is 5.32 Å². The first kappa shape index (κ1) is 15.9. The Morgan fingerprint density at radius 1 is 1.25 bits per heavy atom. The average molecular weight is 325 g/mol. The first-order valence-corrected chi connectivity index (χ1v) is 7.57. The van der Waals surface area contributed by atoms with E-state index in [9.17, 15) is 14.0 Å². The van der Waals surface area contributed by atoms with Crippen LogP contribution in [0.5, 0.6) is 0 Å². The lowest BCUT2D eigenvalue weighted by atomic mass is 10.1. The number of rotatable bonds is 3. The van der Waals surface area contributed by atoms with Gasteiger partial charge in [-0.2, -0.15) is 5.10 Å². The van der Waals surface area contributed by atoms with E-state index in [1.54, 1.807) is 19.2 Å².